The van der Waals surface area contributed by atoms with E-state index in [4.69, 9.17) is 0 Å². The van der Waals surface area contributed by atoms with Gasteiger partial charge in [-0.05, 0) is 23.8 Å². The van der Waals surface area contributed by atoms with E-state index < -0.39 is 0 Å². The van der Waals surface area contributed by atoms with Crippen LogP contribution in [0, 0.1) is 0 Å². The number of nitrogens with one attached hydrogen (secondary N) is 1. The zero-order valence-electron chi connectivity index (χ0n) is 15.7. The standard InChI is InChI=1S/C20H20N6O3/c27-14-24-8-10-25(11-9-24)20(29)18-23-17(16-5-1-2-7-26(16)18)19(28)22-13-15-4-3-6-21-12-15/h1-7,12,14H,8-11,13H2,(H,22,28). The number of fused-ring (bicyclic) bond motifs is 1. The highest BCUT2D eigenvalue weighted by Gasteiger charge is 2.27. The Morgan fingerprint density at radius 2 is 1.93 bits per heavy atom. The van der Waals surface area contributed by atoms with Crippen LogP contribution >= 0.6 is 0 Å². The summed E-state index contributed by atoms with van der Waals surface area (Å²) in [6, 6.07) is 9.01. The van der Waals surface area contributed by atoms with Crippen LogP contribution in [-0.4, -0.2) is 68.6 Å². The maximum absolute atomic E-state index is 13.0. The van der Waals surface area contributed by atoms with Crippen molar-refractivity contribution in [3.8, 4) is 0 Å². The zero-order valence-corrected chi connectivity index (χ0v) is 15.7. The van der Waals surface area contributed by atoms with E-state index in [9.17, 15) is 14.4 Å². The molecule has 3 aromatic rings. The third-order valence-corrected chi connectivity index (χ3v) is 4.88. The van der Waals surface area contributed by atoms with E-state index in [-0.39, 0.29) is 23.3 Å². The molecule has 0 saturated carbocycles. The van der Waals surface area contributed by atoms with Crippen LogP contribution in [-0.2, 0) is 11.3 Å². The van der Waals surface area contributed by atoms with Crippen molar-refractivity contribution in [3.05, 3.63) is 66.0 Å². The van der Waals surface area contributed by atoms with Gasteiger partial charge in [-0.25, -0.2) is 4.98 Å². The van der Waals surface area contributed by atoms with Crippen LogP contribution in [0.15, 0.2) is 48.9 Å². The lowest BCUT2D eigenvalue weighted by molar-refractivity contribution is -0.119. The summed E-state index contributed by atoms with van der Waals surface area (Å²) in [5.74, 6) is -0.433. The lowest BCUT2D eigenvalue weighted by Crippen LogP contribution is -2.48. The first kappa shape index (κ1) is 18.6. The Labute approximate surface area is 167 Å². The fraction of sp³-hybridized carbons (Fsp3) is 0.250. The summed E-state index contributed by atoms with van der Waals surface area (Å²) in [6.07, 6.45) is 5.85. The predicted molar refractivity (Wildman–Crippen MR) is 104 cm³/mol. The summed E-state index contributed by atoms with van der Waals surface area (Å²) in [4.78, 5) is 48.3. The van der Waals surface area contributed by atoms with Crippen LogP contribution in [0.3, 0.4) is 0 Å². The second-order valence-electron chi connectivity index (χ2n) is 6.72. The third kappa shape index (κ3) is 3.79. The number of hydrogen-bond acceptors (Lipinski definition) is 5. The number of pyridine rings is 2. The largest absolute Gasteiger partial charge is 0.346 e. The van der Waals surface area contributed by atoms with Crippen LogP contribution in [0.4, 0.5) is 0 Å². The summed E-state index contributed by atoms with van der Waals surface area (Å²) >= 11 is 0. The molecule has 9 nitrogen and oxygen atoms in total. The molecule has 0 radical (unpaired) electrons. The molecule has 0 spiro atoms. The molecule has 0 aromatic carbocycles. The fourth-order valence-corrected chi connectivity index (χ4v) is 3.30. The maximum atomic E-state index is 13.0. The number of imidazole rings is 1. The molecule has 1 fully saturated rings. The fourth-order valence-electron chi connectivity index (χ4n) is 3.30. The van der Waals surface area contributed by atoms with E-state index in [0.717, 1.165) is 12.0 Å². The number of hydrogen-bond donors (Lipinski definition) is 1. The number of piperazine rings is 1. The molecule has 0 aliphatic carbocycles. The van der Waals surface area contributed by atoms with Crippen molar-refractivity contribution in [3.63, 3.8) is 0 Å². The molecule has 1 saturated heterocycles. The van der Waals surface area contributed by atoms with E-state index in [0.29, 0.717) is 38.2 Å². The molecule has 1 aliphatic rings. The number of aromatic nitrogens is 3. The van der Waals surface area contributed by atoms with Crippen molar-refractivity contribution in [1.29, 1.82) is 0 Å². The van der Waals surface area contributed by atoms with Crippen molar-refractivity contribution in [1.82, 2.24) is 29.5 Å². The summed E-state index contributed by atoms with van der Waals surface area (Å²) in [7, 11) is 0. The summed E-state index contributed by atoms with van der Waals surface area (Å²) < 4.78 is 1.63. The van der Waals surface area contributed by atoms with Gasteiger partial charge in [0.05, 0.1) is 5.52 Å². The van der Waals surface area contributed by atoms with Gasteiger partial charge in [-0.1, -0.05) is 12.1 Å². The quantitative estimate of drug-likeness (QED) is 0.640. The summed E-state index contributed by atoms with van der Waals surface area (Å²) in [5, 5.41) is 2.83. The highest BCUT2D eigenvalue weighted by Crippen LogP contribution is 2.16. The predicted octanol–water partition coefficient (Wildman–Crippen LogP) is 0.573. The Morgan fingerprint density at radius 1 is 1.10 bits per heavy atom. The Hall–Kier alpha value is -3.75. The molecule has 1 aliphatic heterocycles. The molecular formula is C20H20N6O3. The van der Waals surface area contributed by atoms with Gasteiger partial charge in [0.1, 0.15) is 0 Å². The van der Waals surface area contributed by atoms with Crippen molar-refractivity contribution in [2.75, 3.05) is 26.2 Å². The van der Waals surface area contributed by atoms with Crippen molar-refractivity contribution in [2.45, 2.75) is 6.54 Å². The average Bonchev–Trinajstić information content (AvgIpc) is 3.17. The number of carbonyl (C=O) groups is 3. The monoisotopic (exact) mass is 392 g/mol. The first-order valence-corrected chi connectivity index (χ1v) is 9.30. The van der Waals surface area contributed by atoms with Gasteiger partial charge >= 0.3 is 0 Å². The molecule has 3 aromatic heterocycles. The van der Waals surface area contributed by atoms with Crippen LogP contribution in [0.1, 0.15) is 26.7 Å². The summed E-state index contributed by atoms with van der Waals surface area (Å²) in [6.45, 7) is 2.15. The Kier molecular flexibility index (Phi) is 5.19. The lowest BCUT2D eigenvalue weighted by Gasteiger charge is -2.32. The second kappa shape index (κ2) is 8.09. The lowest BCUT2D eigenvalue weighted by atomic mass is 10.2. The van der Waals surface area contributed by atoms with Crippen LogP contribution in [0.5, 0.6) is 0 Å². The van der Waals surface area contributed by atoms with Gasteiger partial charge in [-0.15, -0.1) is 0 Å². The SMILES string of the molecule is O=CN1CCN(C(=O)c2nc(C(=O)NCc3cccnc3)c3ccccn23)CC1. The van der Waals surface area contributed by atoms with Crippen molar-refractivity contribution < 1.29 is 14.4 Å². The molecule has 0 atom stereocenters. The number of amides is 3. The topological polar surface area (TPSA) is 99.9 Å². The number of rotatable bonds is 5. The van der Waals surface area contributed by atoms with Gasteiger partial charge in [0.25, 0.3) is 11.8 Å². The zero-order chi connectivity index (χ0) is 20.2. The van der Waals surface area contributed by atoms with E-state index in [1.807, 2.05) is 6.07 Å². The first-order chi connectivity index (χ1) is 14.2. The third-order valence-electron chi connectivity index (χ3n) is 4.88. The van der Waals surface area contributed by atoms with E-state index in [1.54, 1.807) is 57.1 Å². The van der Waals surface area contributed by atoms with Crippen LogP contribution < -0.4 is 5.32 Å². The molecule has 29 heavy (non-hydrogen) atoms. The highest BCUT2D eigenvalue weighted by molar-refractivity contribution is 6.02. The van der Waals surface area contributed by atoms with Gasteiger partial charge in [0.15, 0.2) is 5.69 Å². The van der Waals surface area contributed by atoms with E-state index in [1.165, 1.54) is 0 Å². The normalized spacial score (nSPS) is 14.1. The van der Waals surface area contributed by atoms with Gasteiger partial charge < -0.3 is 15.1 Å². The van der Waals surface area contributed by atoms with Crippen molar-refractivity contribution in [2.24, 2.45) is 0 Å². The Balaban J connectivity index is 1.57. The minimum atomic E-state index is -0.359. The summed E-state index contributed by atoms with van der Waals surface area (Å²) in [5.41, 5.74) is 1.63. The molecule has 9 heteroatoms. The Morgan fingerprint density at radius 3 is 2.66 bits per heavy atom. The molecular weight excluding hydrogens is 372 g/mol. The minimum absolute atomic E-state index is 0.187. The van der Waals surface area contributed by atoms with Crippen LogP contribution in [0.2, 0.25) is 0 Å². The maximum Gasteiger partial charge on any atom is 0.290 e. The number of carbonyl (C=O) groups excluding carboxylic acids is 3. The smallest absolute Gasteiger partial charge is 0.290 e. The van der Waals surface area contributed by atoms with Gasteiger partial charge in [0.2, 0.25) is 12.2 Å². The highest BCUT2D eigenvalue weighted by atomic mass is 16.2. The van der Waals surface area contributed by atoms with Gasteiger partial charge in [-0.3, -0.25) is 23.8 Å². The molecule has 3 amide bonds. The Bertz CT molecular complexity index is 1040. The van der Waals surface area contributed by atoms with E-state index in [2.05, 4.69) is 15.3 Å². The van der Waals surface area contributed by atoms with Gasteiger partial charge in [-0.2, -0.15) is 0 Å². The second-order valence-corrected chi connectivity index (χ2v) is 6.72. The molecule has 4 rings (SSSR count). The van der Waals surface area contributed by atoms with Gasteiger partial charge in [0, 0.05) is 51.3 Å². The average molecular weight is 392 g/mol. The molecule has 4 heterocycles. The van der Waals surface area contributed by atoms with Crippen molar-refractivity contribution >= 4 is 23.7 Å². The molecule has 148 valence electrons. The molecule has 0 unspecified atom stereocenters. The number of nitrogens with zero attached hydrogens (tertiary/aromatic N) is 5. The molecule has 1 N–H and O–H groups in total. The van der Waals surface area contributed by atoms with E-state index >= 15 is 0 Å². The minimum Gasteiger partial charge on any atom is -0.346 e. The first-order valence-electron chi connectivity index (χ1n) is 9.30. The molecule has 0 bridgehead atoms. The van der Waals surface area contributed by atoms with Crippen LogP contribution in [0.25, 0.3) is 5.52 Å².